The zero-order chi connectivity index (χ0) is 15.4. The molecule has 1 aliphatic rings. The fraction of sp³-hybridized carbons (Fsp3) is 0.412. The topological polar surface area (TPSA) is 50.8 Å². The predicted octanol–water partition coefficient (Wildman–Crippen LogP) is 3.91. The van der Waals surface area contributed by atoms with Gasteiger partial charge in [-0.3, -0.25) is 0 Å². The molecule has 1 aliphatic carbocycles. The van der Waals surface area contributed by atoms with Crippen LogP contribution in [0.2, 0.25) is 5.02 Å². The van der Waals surface area contributed by atoms with Crippen LogP contribution in [0.4, 0.5) is 0 Å². The SMILES string of the molecule is N#CC(Cn1ccnc1)(OC1CCCC1)c1ccccc1Cl. The number of hydrogen-bond acceptors (Lipinski definition) is 3. The molecule has 1 unspecified atom stereocenters. The molecular formula is C17H18ClN3O. The summed E-state index contributed by atoms with van der Waals surface area (Å²) in [5.41, 5.74) is -0.367. The molecule has 0 bridgehead atoms. The Kier molecular flexibility index (Phi) is 4.47. The largest absolute Gasteiger partial charge is 0.351 e. The monoisotopic (exact) mass is 315 g/mol. The minimum absolute atomic E-state index is 0.111. The number of ether oxygens (including phenoxy) is 1. The predicted molar refractivity (Wildman–Crippen MR) is 84.3 cm³/mol. The van der Waals surface area contributed by atoms with Crippen LogP contribution in [0.3, 0.4) is 0 Å². The highest BCUT2D eigenvalue weighted by Gasteiger charge is 2.39. The fourth-order valence-electron chi connectivity index (χ4n) is 3.02. The molecule has 0 amide bonds. The molecule has 0 aliphatic heterocycles. The van der Waals surface area contributed by atoms with E-state index in [0.717, 1.165) is 31.2 Å². The molecule has 1 saturated carbocycles. The third-order valence-corrected chi connectivity index (χ3v) is 4.45. The Bertz CT molecular complexity index is 659. The van der Waals surface area contributed by atoms with E-state index in [1.54, 1.807) is 18.6 Å². The zero-order valence-corrected chi connectivity index (χ0v) is 13.0. The van der Waals surface area contributed by atoms with Gasteiger partial charge in [0.05, 0.1) is 19.0 Å². The number of nitriles is 1. The average Bonchev–Trinajstić information content (AvgIpc) is 3.21. The number of rotatable bonds is 5. The van der Waals surface area contributed by atoms with Crippen molar-refractivity contribution in [1.82, 2.24) is 9.55 Å². The van der Waals surface area contributed by atoms with E-state index in [1.807, 2.05) is 29.0 Å². The number of imidazole rings is 1. The summed E-state index contributed by atoms with van der Waals surface area (Å²) >= 11 is 6.36. The number of aromatic nitrogens is 2. The number of halogens is 1. The average molecular weight is 316 g/mol. The van der Waals surface area contributed by atoms with Gasteiger partial charge in [0, 0.05) is 23.0 Å². The van der Waals surface area contributed by atoms with Gasteiger partial charge in [0.15, 0.2) is 5.60 Å². The van der Waals surface area contributed by atoms with E-state index in [-0.39, 0.29) is 6.10 Å². The van der Waals surface area contributed by atoms with Gasteiger partial charge in [-0.1, -0.05) is 42.6 Å². The molecule has 0 saturated heterocycles. The van der Waals surface area contributed by atoms with Crippen molar-refractivity contribution in [1.29, 1.82) is 5.26 Å². The van der Waals surface area contributed by atoms with Gasteiger partial charge in [-0.05, 0) is 18.9 Å². The van der Waals surface area contributed by atoms with Crippen LogP contribution in [0.5, 0.6) is 0 Å². The van der Waals surface area contributed by atoms with E-state index in [9.17, 15) is 5.26 Å². The number of hydrogen-bond donors (Lipinski definition) is 0. The zero-order valence-electron chi connectivity index (χ0n) is 12.3. The molecule has 1 aromatic heterocycles. The Morgan fingerprint density at radius 1 is 1.36 bits per heavy atom. The van der Waals surface area contributed by atoms with Crippen LogP contribution in [-0.4, -0.2) is 15.7 Å². The minimum Gasteiger partial charge on any atom is -0.351 e. The lowest BCUT2D eigenvalue weighted by Crippen LogP contribution is -2.36. The first-order valence-corrected chi connectivity index (χ1v) is 7.91. The van der Waals surface area contributed by atoms with Gasteiger partial charge in [-0.15, -0.1) is 0 Å². The number of benzene rings is 1. The molecule has 5 heteroatoms. The minimum atomic E-state index is -1.09. The van der Waals surface area contributed by atoms with Crippen LogP contribution in [0.1, 0.15) is 31.2 Å². The van der Waals surface area contributed by atoms with Crippen molar-refractivity contribution in [2.24, 2.45) is 0 Å². The standard InChI is InChI=1S/C17H18ClN3O/c18-16-8-4-3-7-15(16)17(11-19,12-21-10-9-20-13-21)22-14-5-1-2-6-14/h3-4,7-10,13-14H,1-2,5-6,12H2. The van der Waals surface area contributed by atoms with Gasteiger partial charge in [0.2, 0.25) is 0 Å². The summed E-state index contributed by atoms with van der Waals surface area (Å²) in [6.45, 7) is 0.379. The second kappa shape index (κ2) is 6.51. The number of nitrogens with zero attached hydrogens (tertiary/aromatic N) is 3. The van der Waals surface area contributed by atoms with Gasteiger partial charge in [-0.2, -0.15) is 5.26 Å². The molecule has 0 spiro atoms. The summed E-state index contributed by atoms with van der Waals surface area (Å²) in [6.07, 6.45) is 9.64. The molecular weight excluding hydrogens is 298 g/mol. The first-order valence-electron chi connectivity index (χ1n) is 7.53. The smallest absolute Gasteiger partial charge is 0.199 e. The van der Waals surface area contributed by atoms with E-state index in [2.05, 4.69) is 11.1 Å². The van der Waals surface area contributed by atoms with Crippen molar-refractivity contribution in [2.75, 3.05) is 0 Å². The Morgan fingerprint density at radius 2 is 2.14 bits per heavy atom. The van der Waals surface area contributed by atoms with E-state index in [4.69, 9.17) is 16.3 Å². The van der Waals surface area contributed by atoms with Crippen LogP contribution in [0.15, 0.2) is 43.0 Å². The third kappa shape index (κ3) is 3.01. The molecule has 2 aromatic rings. The summed E-state index contributed by atoms with van der Waals surface area (Å²) in [6, 6.07) is 9.81. The highest BCUT2D eigenvalue weighted by molar-refractivity contribution is 6.31. The van der Waals surface area contributed by atoms with Gasteiger partial charge >= 0.3 is 0 Å². The Hall–Kier alpha value is -1.83. The van der Waals surface area contributed by atoms with Crippen molar-refractivity contribution in [3.8, 4) is 6.07 Å². The molecule has 3 rings (SSSR count). The summed E-state index contributed by atoms with van der Waals surface area (Å²) < 4.78 is 8.16. The lowest BCUT2D eigenvalue weighted by Gasteiger charge is -2.31. The summed E-state index contributed by atoms with van der Waals surface area (Å²) in [4.78, 5) is 4.05. The van der Waals surface area contributed by atoms with Gasteiger partial charge < -0.3 is 9.30 Å². The molecule has 1 atom stereocenters. The molecule has 114 valence electrons. The van der Waals surface area contributed by atoms with Crippen molar-refractivity contribution >= 4 is 11.6 Å². The van der Waals surface area contributed by atoms with Crippen LogP contribution >= 0.6 is 11.6 Å². The third-order valence-electron chi connectivity index (χ3n) is 4.12. The summed E-state index contributed by atoms with van der Waals surface area (Å²) in [7, 11) is 0. The second-order valence-corrected chi connectivity index (χ2v) is 6.09. The second-order valence-electron chi connectivity index (χ2n) is 5.68. The highest BCUT2D eigenvalue weighted by atomic mass is 35.5. The molecule has 22 heavy (non-hydrogen) atoms. The van der Waals surface area contributed by atoms with Gasteiger partial charge in [-0.25, -0.2) is 4.98 Å². The van der Waals surface area contributed by atoms with Gasteiger partial charge in [0.25, 0.3) is 0 Å². The Morgan fingerprint density at radius 3 is 2.77 bits per heavy atom. The van der Waals surface area contributed by atoms with E-state index >= 15 is 0 Å². The van der Waals surface area contributed by atoms with Crippen molar-refractivity contribution in [3.63, 3.8) is 0 Å². The quantitative estimate of drug-likeness (QED) is 0.840. The molecule has 1 aromatic carbocycles. The fourth-order valence-corrected chi connectivity index (χ4v) is 3.31. The lowest BCUT2D eigenvalue weighted by atomic mass is 9.94. The van der Waals surface area contributed by atoms with Crippen LogP contribution < -0.4 is 0 Å². The van der Waals surface area contributed by atoms with Gasteiger partial charge in [0.1, 0.15) is 6.07 Å². The first kappa shape index (κ1) is 15.1. The molecule has 4 nitrogen and oxygen atoms in total. The normalized spacial score (nSPS) is 18.0. The van der Waals surface area contributed by atoms with E-state index < -0.39 is 5.60 Å². The van der Waals surface area contributed by atoms with Crippen LogP contribution in [-0.2, 0) is 16.9 Å². The first-order chi connectivity index (χ1) is 10.7. The van der Waals surface area contributed by atoms with Crippen molar-refractivity contribution in [3.05, 3.63) is 53.6 Å². The molecule has 1 heterocycles. The van der Waals surface area contributed by atoms with Crippen LogP contribution in [0, 0.1) is 11.3 Å². The Labute approximate surface area is 135 Å². The maximum Gasteiger partial charge on any atom is 0.199 e. The lowest BCUT2D eigenvalue weighted by molar-refractivity contribution is -0.0691. The summed E-state index contributed by atoms with van der Waals surface area (Å²) in [5.74, 6) is 0. The molecule has 1 fully saturated rings. The van der Waals surface area contributed by atoms with E-state index in [0.29, 0.717) is 11.6 Å². The van der Waals surface area contributed by atoms with Crippen LogP contribution in [0.25, 0.3) is 0 Å². The molecule has 0 N–H and O–H groups in total. The van der Waals surface area contributed by atoms with E-state index in [1.165, 1.54) is 0 Å². The summed E-state index contributed by atoms with van der Waals surface area (Å²) in [5, 5.41) is 10.5. The Balaban J connectivity index is 1.99. The molecule has 0 radical (unpaired) electrons. The highest BCUT2D eigenvalue weighted by Crippen LogP contribution is 2.37. The maximum absolute atomic E-state index is 9.95. The maximum atomic E-state index is 9.95. The van der Waals surface area contributed by atoms with Crippen molar-refractivity contribution in [2.45, 2.75) is 43.9 Å². The van der Waals surface area contributed by atoms with Crippen molar-refractivity contribution < 1.29 is 4.74 Å².